The Morgan fingerprint density at radius 2 is 1.81 bits per heavy atom. The number of methoxy groups -OCH3 is 2. The monoisotopic (exact) mass is 494 g/mol. The Kier molecular flexibility index (Phi) is 5.89. The first-order valence-corrected chi connectivity index (χ1v) is 11.4. The summed E-state index contributed by atoms with van der Waals surface area (Å²) in [4.78, 5) is 16.6. The molecule has 3 aromatic rings. The number of nitrogens with one attached hydrogen (secondary N) is 1. The van der Waals surface area contributed by atoms with Gasteiger partial charge in [0.25, 0.3) is 10.0 Å². The molecule has 1 N–H and O–H groups in total. The molecule has 0 saturated carbocycles. The molecule has 4 rings (SSSR count). The van der Waals surface area contributed by atoms with Crippen molar-refractivity contribution < 1.29 is 27.4 Å². The fraction of sp³-hybridized carbons (Fsp3) is 0.143. The highest BCUT2D eigenvalue weighted by Gasteiger charge is 2.27. The number of fused-ring (bicyclic) bond motifs is 6. The highest BCUT2D eigenvalue weighted by atomic mass is 35.5. The number of cyclic esters (lactones) is 1. The summed E-state index contributed by atoms with van der Waals surface area (Å²) in [6.45, 7) is -0.121. The number of carbonyl (C=O) groups is 1. The summed E-state index contributed by atoms with van der Waals surface area (Å²) in [5.41, 5.74) is 1.87. The van der Waals surface area contributed by atoms with E-state index in [1.807, 2.05) is 0 Å². The van der Waals surface area contributed by atoms with E-state index in [0.29, 0.717) is 22.6 Å². The lowest BCUT2D eigenvalue weighted by Gasteiger charge is -2.15. The lowest BCUT2D eigenvalue weighted by Crippen LogP contribution is -2.16. The number of nitrogens with zero attached hydrogens (tertiary/aromatic N) is 1. The average molecular weight is 495 g/mol. The second-order valence-electron chi connectivity index (χ2n) is 6.75. The Labute approximate surface area is 194 Å². The van der Waals surface area contributed by atoms with Gasteiger partial charge < -0.3 is 14.2 Å². The topological polar surface area (TPSA) is 104 Å². The van der Waals surface area contributed by atoms with E-state index in [-0.39, 0.29) is 38.5 Å². The maximum atomic E-state index is 13.2. The van der Waals surface area contributed by atoms with Gasteiger partial charge in [-0.15, -0.1) is 0 Å². The molecule has 11 heteroatoms. The molecule has 0 atom stereocenters. The molecule has 0 radical (unpaired) electrons. The number of anilines is 1. The molecule has 1 aliphatic heterocycles. The van der Waals surface area contributed by atoms with E-state index in [1.54, 1.807) is 30.5 Å². The first kappa shape index (κ1) is 22.2. The van der Waals surface area contributed by atoms with E-state index in [4.69, 9.17) is 37.4 Å². The summed E-state index contributed by atoms with van der Waals surface area (Å²) >= 11 is 12.5. The first-order chi connectivity index (χ1) is 15.2. The predicted molar refractivity (Wildman–Crippen MR) is 119 cm³/mol. The number of sulfonamides is 1. The third kappa shape index (κ3) is 4.06. The maximum absolute atomic E-state index is 13.2. The van der Waals surface area contributed by atoms with E-state index < -0.39 is 16.0 Å². The van der Waals surface area contributed by atoms with Gasteiger partial charge in [0.05, 0.1) is 35.5 Å². The number of ether oxygens (including phenoxy) is 3. The summed E-state index contributed by atoms with van der Waals surface area (Å²) in [6, 6.07) is 8.86. The molecule has 0 unspecified atom stereocenters. The van der Waals surface area contributed by atoms with Crippen LogP contribution in [0.3, 0.4) is 0 Å². The number of esters is 1. The van der Waals surface area contributed by atoms with Crippen molar-refractivity contribution in [3.05, 3.63) is 63.8 Å². The van der Waals surface area contributed by atoms with Crippen molar-refractivity contribution in [3.8, 4) is 22.8 Å². The summed E-state index contributed by atoms with van der Waals surface area (Å²) in [5.74, 6) is -0.555. The van der Waals surface area contributed by atoms with Crippen LogP contribution in [0.2, 0.25) is 10.0 Å². The molecule has 8 nitrogen and oxygen atoms in total. The van der Waals surface area contributed by atoms with E-state index in [0.717, 1.165) is 6.07 Å². The smallest absolute Gasteiger partial charge is 0.338 e. The van der Waals surface area contributed by atoms with Gasteiger partial charge in [-0.2, -0.15) is 0 Å². The van der Waals surface area contributed by atoms with Gasteiger partial charge in [-0.05, 0) is 29.8 Å². The quantitative estimate of drug-likeness (QED) is 0.521. The highest BCUT2D eigenvalue weighted by molar-refractivity contribution is 7.92. The molecular formula is C21H16Cl2N2O6S. The standard InChI is InChI=1S/C21H16Cl2N2O6S/c1-29-19-8-13-10-31-21(26)12-5-16(23)20(30-2)18(7-12)32(27,28)25-17-6-11(3-4-15(17)22)14(13)9-24-19/h3-9,25H,10H2,1-2H3. The van der Waals surface area contributed by atoms with Gasteiger partial charge in [-0.25, -0.2) is 18.2 Å². The zero-order valence-electron chi connectivity index (χ0n) is 16.8. The minimum Gasteiger partial charge on any atom is -0.494 e. The normalized spacial score (nSPS) is 14.6. The van der Waals surface area contributed by atoms with Crippen LogP contribution in [0.1, 0.15) is 15.9 Å². The van der Waals surface area contributed by atoms with Gasteiger partial charge in [0.1, 0.15) is 11.5 Å². The van der Waals surface area contributed by atoms with E-state index in [9.17, 15) is 13.2 Å². The molecule has 0 spiro atoms. The Morgan fingerprint density at radius 3 is 2.53 bits per heavy atom. The number of hydrogen-bond acceptors (Lipinski definition) is 7. The number of carbonyl (C=O) groups excluding carboxylic acids is 1. The summed E-state index contributed by atoms with van der Waals surface area (Å²) in [5, 5.41) is 0.104. The van der Waals surface area contributed by atoms with Crippen LogP contribution < -0.4 is 14.2 Å². The molecule has 0 aliphatic carbocycles. The fourth-order valence-electron chi connectivity index (χ4n) is 3.25. The van der Waals surface area contributed by atoms with Gasteiger partial charge in [0.15, 0.2) is 5.75 Å². The number of rotatable bonds is 2. The van der Waals surface area contributed by atoms with Crippen LogP contribution in [0.5, 0.6) is 11.6 Å². The van der Waals surface area contributed by atoms with Crippen LogP contribution in [0.4, 0.5) is 5.69 Å². The lowest BCUT2D eigenvalue weighted by atomic mass is 10.0. The number of pyridine rings is 1. The second-order valence-corrected chi connectivity index (χ2v) is 9.21. The fourth-order valence-corrected chi connectivity index (χ4v) is 5.11. The van der Waals surface area contributed by atoms with Gasteiger partial charge in [0, 0.05) is 23.4 Å². The first-order valence-electron chi connectivity index (χ1n) is 9.14. The van der Waals surface area contributed by atoms with Crippen LogP contribution in [-0.2, 0) is 21.4 Å². The molecule has 0 saturated heterocycles. The van der Waals surface area contributed by atoms with Crippen molar-refractivity contribution in [1.29, 1.82) is 0 Å². The third-order valence-corrected chi connectivity index (χ3v) is 6.77. The van der Waals surface area contributed by atoms with Crippen molar-refractivity contribution in [3.63, 3.8) is 0 Å². The number of hydrogen-bond donors (Lipinski definition) is 1. The van der Waals surface area contributed by atoms with Crippen molar-refractivity contribution in [2.24, 2.45) is 0 Å². The lowest BCUT2D eigenvalue weighted by molar-refractivity contribution is 0.0472. The van der Waals surface area contributed by atoms with Crippen LogP contribution in [0, 0.1) is 0 Å². The maximum Gasteiger partial charge on any atom is 0.338 e. The molecule has 0 fully saturated rings. The summed E-state index contributed by atoms with van der Waals surface area (Å²) < 4.78 is 44.7. The van der Waals surface area contributed by atoms with Gasteiger partial charge in [-0.3, -0.25) is 4.72 Å². The Bertz CT molecular complexity index is 1340. The molecule has 32 heavy (non-hydrogen) atoms. The molecule has 2 aromatic carbocycles. The minimum absolute atomic E-state index is 0.0594. The third-order valence-electron chi connectivity index (χ3n) is 4.79. The van der Waals surface area contributed by atoms with E-state index >= 15 is 0 Å². The molecular weight excluding hydrogens is 479 g/mol. The Morgan fingerprint density at radius 1 is 1.03 bits per heavy atom. The van der Waals surface area contributed by atoms with Gasteiger partial charge in [0.2, 0.25) is 5.88 Å². The van der Waals surface area contributed by atoms with E-state index in [1.165, 1.54) is 20.3 Å². The zero-order chi connectivity index (χ0) is 23.0. The molecule has 166 valence electrons. The number of benzene rings is 2. The zero-order valence-corrected chi connectivity index (χ0v) is 19.1. The number of aromatic nitrogens is 1. The SMILES string of the molecule is COc1cc2c(cn1)-c1ccc(Cl)c(c1)NS(=O)(=O)c1cc(cc(Cl)c1OC)C(=O)OC2. The van der Waals surface area contributed by atoms with Crippen LogP contribution in [-0.4, -0.2) is 33.6 Å². The Balaban J connectivity index is 1.98. The second kappa shape index (κ2) is 8.50. The molecule has 0 amide bonds. The van der Waals surface area contributed by atoms with Gasteiger partial charge >= 0.3 is 5.97 Å². The molecule has 4 bridgehead atoms. The summed E-state index contributed by atoms with van der Waals surface area (Å²) in [7, 11) is -1.50. The van der Waals surface area contributed by atoms with Crippen LogP contribution >= 0.6 is 23.2 Å². The molecule has 1 aromatic heterocycles. The van der Waals surface area contributed by atoms with Crippen molar-refractivity contribution in [2.75, 3.05) is 18.9 Å². The number of halogens is 2. The summed E-state index contributed by atoms with van der Waals surface area (Å²) in [6.07, 6.45) is 1.54. The highest BCUT2D eigenvalue weighted by Crippen LogP contribution is 2.38. The average Bonchev–Trinajstić information content (AvgIpc) is 2.77. The van der Waals surface area contributed by atoms with Crippen molar-refractivity contribution in [2.45, 2.75) is 11.5 Å². The van der Waals surface area contributed by atoms with Crippen molar-refractivity contribution >= 4 is 44.9 Å². The Hall–Kier alpha value is -3.01. The van der Waals surface area contributed by atoms with Crippen molar-refractivity contribution in [1.82, 2.24) is 4.98 Å². The molecule has 1 aliphatic rings. The minimum atomic E-state index is -4.25. The predicted octanol–water partition coefficient (Wildman–Crippen LogP) is 4.54. The van der Waals surface area contributed by atoms with Crippen LogP contribution in [0.25, 0.3) is 11.1 Å². The molecule has 2 heterocycles. The van der Waals surface area contributed by atoms with E-state index in [2.05, 4.69) is 9.71 Å². The largest absolute Gasteiger partial charge is 0.494 e. The van der Waals surface area contributed by atoms with Gasteiger partial charge in [-0.1, -0.05) is 29.3 Å². The van der Waals surface area contributed by atoms with Crippen LogP contribution in [0.15, 0.2) is 47.5 Å².